The van der Waals surface area contributed by atoms with Crippen LogP contribution in [0.2, 0.25) is 0 Å². The van der Waals surface area contributed by atoms with Crippen LogP contribution in [-0.2, 0) is 9.59 Å². The van der Waals surface area contributed by atoms with Gasteiger partial charge in [0.05, 0.1) is 18.7 Å². The molecule has 5 heteroatoms. The molecule has 0 aromatic rings. The van der Waals surface area contributed by atoms with Crippen molar-refractivity contribution < 1.29 is 9.59 Å². The van der Waals surface area contributed by atoms with E-state index in [0.717, 1.165) is 0 Å². The number of nitrogens with zero attached hydrogens (tertiary/aromatic N) is 3. The number of carbonyl (C=O) groups excluding carboxylic acids is 2. The molecule has 0 fully saturated rings. The molecule has 0 amide bonds. The molecule has 0 aliphatic heterocycles. The van der Waals surface area contributed by atoms with E-state index in [0.29, 0.717) is 0 Å². The number of carbonyl (C=O) groups is 2. The summed E-state index contributed by atoms with van der Waals surface area (Å²) in [6, 6.07) is 1.57. The van der Waals surface area contributed by atoms with Crippen molar-refractivity contribution in [3.63, 3.8) is 0 Å². The van der Waals surface area contributed by atoms with E-state index in [1.165, 1.54) is 6.92 Å². The lowest BCUT2D eigenvalue weighted by molar-refractivity contribution is -0.115. The lowest BCUT2D eigenvalue weighted by Crippen LogP contribution is -2.19. The summed E-state index contributed by atoms with van der Waals surface area (Å²) < 4.78 is 0. The summed E-state index contributed by atoms with van der Waals surface area (Å²) in [6.07, 6.45) is 0. The minimum absolute atomic E-state index is 0.0686. The third kappa shape index (κ3) is 1.31. The van der Waals surface area contributed by atoms with Gasteiger partial charge in [-0.25, -0.2) is 9.69 Å². The van der Waals surface area contributed by atoms with Crippen LogP contribution in [0.25, 0.3) is 9.69 Å². The van der Waals surface area contributed by atoms with Gasteiger partial charge in [0.2, 0.25) is 11.4 Å². The van der Waals surface area contributed by atoms with Gasteiger partial charge in [-0.1, -0.05) is 0 Å². The summed E-state index contributed by atoms with van der Waals surface area (Å²) in [5, 5.41) is 8.64. The third-order valence-electron chi connectivity index (χ3n) is 1.93. The molecule has 1 rings (SSSR count). The second-order valence-corrected chi connectivity index (χ2v) is 2.69. The standard InChI is InChI=1S/C10H3N3O2/c1-5-6(4-11)10(15)8(13-3)7(12-2)9(5)14/h1H3. The summed E-state index contributed by atoms with van der Waals surface area (Å²) in [4.78, 5) is 28.6. The van der Waals surface area contributed by atoms with Crippen LogP contribution >= 0.6 is 0 Å². The first-order valence-electron chi connectivity index (χ1n) is 3.78. The van der Waals surface area contributed by atoms with Gasteiger partial charge in [-0.05, 0) is 6.92 Å². The second kappa shape index (κ2) is 3.57. The van der Waals surface area contributed by atoms with Crippen LogP contribution in [-0.4, -0.2) is 11.6 Å². The van der Waals surface area contributed by atoms with Crippen molar-refractivity contribution in [3.8, 4) is 6.07 Å². The zero-order valence-corrected chi connectivity index (χ0v) is 7.66. The van der Waals surface area contributed by atoms with Gasteiger partial charge in [-0.2, -0.15) is 5.26 Å². The molecule has 5 nitrogen and oxygen atoms in total. The number of hydrogen-bond donors (Lipinski definition) is 0. The van der Waals surface area contributed by atoms with Crippen LogP contribution < -0.4 is 0 Å². The van der Waals surface area contributed by atoms with E-state index in [1.54, 1.807) is 6.07 Å². The summed E-state index contributed by atoms with van der Waals surface area (Å²) in [7, 11) is 0. The molecule has 0 radical (unpaired) electrons. The Morgan fingerprint density at radius 2 is 1.60 bits per heavy atom. The van der Waals surface area contributed by atoms with Crippen molar-refractivity contribution in [2.75, 3.05) is 0 Å². The average Bonchev–Trinajstić information content (AvgIpc) is 2.23. The fourth-order valence-corrected chi connectivity index (χ4v) is 1.14. The molecule has 0 saturated heterocycles. The minimum atomic E-state index is -0.837. The number of hydrogen-bond acceptors (Lipinski definition) is 3. The molecule has 0 unspecified atom stereocenters. The highest BCUT2D eigenvalue weighted by Crippen LogP contribution is 2.25. The maximum atomic E-state index is 11.5. The van der Waals surface area contributed by atoms with Crippen molar-refractivity contribution in [1.82, 2.24) is 0 Å². The molecule has 0 saturated carbocycles. The summed E-state index contributed by atoms with van der Waals surface area (Å²) in [5.74, 6) is -1.55. The molecule has 0 bridgehead atoms. The Balaban J connectivity index is 3.58. The first kappa shape index (κ1) is 10.4. The van der Waals surface area contributed by atoms with Crippen molar-refractivity contribution in [2.45, 2.75) is 6.92 Å². The summed E-state index contributed by atoms with van der Waals surface area (Å²) in [5.41, 5.74) is -1.47. The lowest BCUT2D eigenvalue weighted by Gasteiger charge is -2.10. The Morgan fingerprint density at radius 3 is 2.00 bits per heavy atom. The highest BCUT2D eigenvalue weighted by Gasteiger charge is 2.33. The van der Waals surface area contributed by atoms with Crippen LogP contribution in [0, 0.1) is 24.5 Å². The van der Waals surface area contributed by atoms with E-state index in [1.807, 2.05) is 0 Å². The summed E-state index contributed by atoms with van der Waals surface area (Å²) >= 11 is 0. The average molecular weight is 197 g/mol. The molecule has 0 aromatic carbocycles. The molecule has 70 valence electrons. The molecule has 0 heterocycles. The van der Waals surface area contributed by atoms with Crippen molar-refractivity contribution in [3.05, 3.63) is 45.4 Å². The first-order chi connectivity index (χ1) is 7.08. The number of allylic oxidation sites excluding steroid dienone is 2. The van der Waals surface area contributed by atoms with E-state index in [2.05, 4.69) is 9.69 Å². The Kier molecular flexibility index (Phi) is 2.47. The highest BCUT2D eigenvalue weighted by molar-refractivity contribution is 6.27. The Labute approximate surface area is 85.6 Å². The van der Waals surface area contributed by atoms with Gasteiger partial charge < -0.3 is 9.59 Å². The van der Waals surface area contributed by atoms with Crippen LogP contribution in [0.4, 0.5) is 0 Å². The van der Waals surface area contributed by atoms with E-state index >= 15 is 0 Å². The number of ketones is 2. The predicted octanol–water partition coefficient (Wildman–Crippen LogP) is 1.03. The SMILES string of the molecule is [C-]#[N+]C1=C([N+]#[C-])C(=O)C(C#N)=C(C)C1=O. The van der Waals surface area contributed by atoms with Gasteiger partial charge in [0, 0.05) is 5.57 Å². The fourth-order valence-electron chi connectivity index (χ4n) is 1.14. The molecule has 0 N–H and O–H groups in total. The molecular weight excluding hydrogens is 194 g/mol. The zero-order chi connectivity index (χ0) is 11.6. The number of rotatable bonds is 0. The molecule has 15 heavy (non-hydrogen) atoms. The predicted molar refractivity (Wildman–Crippen MR) is 48.6 cm³/mol. The maximum absolute atomic E-state index is 11.5. The molecule has 1 aliphatic carbocycles. The van der Waals surface area contributed by atoms with Gasteiger partial charge in [0.1, 0.15) is 6.07 Å². The maximum Gasteiger partial charge on any atom is 0.246 e. The Morgan fingerprint density at radius 1 is 1.13 bits per heavy atom. The Bertz CT molecular complexity index is 559. The quantitative estimate of drug-likeness (QED) is 0.430. The minimum Gasteiger partial charge on any atom is -0.304 e. The fraction of sp³-hybridized carbons (Fsp3) is 0.100. The molecule has 0 spiro atoms. The van der Waals surface area contributed by atoms with E-state index in [-0.39, 0.29) is 11.1 Å². The molecule has 1 aliphatic rings. The van der Waals surface area contributed by atoms with Gasteiger partial charge in [-0.15, -0.1) is 0 Å². The first-order valence-corrected chi connectivity index (χ1v) is 3.78. The van der Waals surface area contributed by atoms with E-state index < -0.39 is 23.0 Å². The molecule has 0 atom stereocenters. The third-order valence-corrected chi connectivity index (χ3v) is 1.93. The molecular formula is C10H3N3O2. The van der Waals surface area contributed by atoms with Crippen molar-refractivity contribution >= 4 is 11.6 Å². The largest absolute Gasteiger partial charge is 0.304 e. The van der Waals surface area contributed by atoms with Crippen molar-refractivity contribution in [2.24, 2.45) is 0 Å². The summed E-state index contributed by atoms with van der Waals surface area (Å²) in [6.45, 7) is 14.7. The van der Waals surface area contributed by atoms with Gasteiger partial charge in [-0.3, -0.25) is 0 Å². The number of Topliss-reactive ketones (excluding diaryl/α,β-unsaturated/α-hetero) is 2. The Hall–Kier alpha value is -2.71. The van der Waals surface area contributed by atoms with Gasteiger partial charge >= 0.3 is 0 Å². The van der Waals surface area contributed by atoms with Gasteiger partial charge in [0.25, 0.3) is 0 Å². The van der Waals surface area contributed by atoms with E-state index in [9.17, 15) is 9.59 Å². The molecule has 0 aromatic heterocycles. The topological polar surface area (TPSA) is 66.7 Å². The lowest BCUT2D eigenvalue weighted by atomic mass is 9.92. The van der Waals surface area contributed by atoms with Crippen LogP contribution in [0.3, 0.4) is 0 Å². The van der Waals surface area contributed by atoms with Crippen LogP contribution in [0.1, 0.15) is 6.92 Å². The van der Waals surface area contributed by atoms with Crippen LogP contribution in [0.5, 0.6) is 0 Å². The second-order valence-electron chi connectivity index (χ2n) is 2.69. The zero-order valence-electron chi connectivity index (χ0n) is 7.66. The van der Waals surface area contributed by atoms with E-state index in [4.69, 9.17) is 18.4 Å². The van der Waals surface area contributed by atoms with Crippen molar-refractivity contribution in [1.29, 1.82) is 5.26 Å². The van der Waals surface area contributed by atoms with Gasteiger partial charge in [0.15, 0.2) is 11.6 Å². The van der Waals surface area contributed by atoms with Crippen LogP contribution in [0.15, 0.2) is 22.5 Å². The highest BCUT2D eigenvalue weighted by atomic mass is 16.1. The monoisotopic (exact) mass is 197 g/mol. The normalized spacial score (nSPS) is 15.9. The number of nitriles is 1. The smallest absolute Gasteiger partial charge is 0.246 e.